The van der Waals surface area contributed by atoms with E-state index in [2.05, 4.69) is 37.4 Å². The summed E-state index contributed by atoms with van der Waals surface area (Å²) in [7, 11) is 0. The Morgan fingerprint density at radius 3 is 2.67 bits per heavy atom. The van der Waals surface area contributed by atoms with Gasteiger partial charge in [0.1, 0.15) is 0 Å². The molecule has 1 fully saturated rings. The molecule has 0 radical (unpaired) electrons. The molecule has 0 saturated heterocycles. The number of aromatic nitrogens is 2. The third kappa shape index (κ3) is 4.07. The Kier molecular flexibility index (Phi) is 6.24. The van der Waals surface area contributed by atoms with Crippen molar-refractivity contribution in [2.45, 2.75) is 77.5 Å². The van der Waals surface area contributed by atoms with Crippen LogP contribution in [0.25, 0.3) is 0 Å². The second kappa shape index (κ2) is 7.95. The SMILES string of the molecule is CCCNC(Cc1cnn(CC)c1)C1(OCC)CCCC1. The highest BCUT2D eigenvalue weighted by molar-refractivity contribution is 5.10. The summed E-state index contributed by atoms with van der Waals surface area (Å²) in [6.07, 6.45) is 11.3. The van der Waals surface area contributed by atoms with Crippen molar-refractivity contribution in [3.63, 3.8) is 0 Å². The molecule has 0 amide bonds. The van der Waals surface area contributed by atoms with Crippen LogP contribution in [-0.4, -0.2) is 34.6 Å². The summed E-state index contributed by atoms with van der Waals surface area (Å²) in [6.45, 7) is 9.26. The van der Waals surface area contributed by atoms with Crippen molar-refractivity contribution in [1.82, 2.24) is 15.1 Å². The molecule has 0 aliphatic heterocycles. The summed E-state index contributed by atoms with van der Waals surface area (Å²) in [4.78, 5) is 0. The largest absolute Gasteiger partial charge is 0.374 e. The monoisotopic (exact) mass is 293 g/mol. The molecule has 1 saturated carbocycles. The van der Waals surface area contributed by atoms with Gasteiger partial charge in [0.2, 0.25) is 0 Å². The first-order valence-electron chi connectivity index (χ1n) is 8.62. The average Bonchev–Trinajstić information content (AvgIpc) is 3.13. The van der Waals surface area contributed by atoms with Gasteiger partial charge in [0.25, 0.3) is 0 Å². The Labute approximate surface area is 129 Å². The smallest absolute Gasteiger partial charge is 0.0837 e. The maximum atomic E-state index is 6.27. The lowest BCUT2D eigenvalue weighted by Crippen LogP contribution is -2.52. The van der Waals surface area contributed by atoms with E-state index >= 15 is 0 Å². The molecule has 2 rings (SSSR count). The highest BCUT2D eigenvalue weighted by Crippen LogP contribution is 2.37. The Morgan fingerprint density at radius 2 is 2.10 bits per heavy atom. The Hall–Kier alpha value is -0.870. The number of hydrogen-bond donors (Lipinski definition) is 1. The molecule has 1 aliphatic carbocycles. The van der Waals surface area contributed by atoms with Gasteiger partial charge in [-0.25, -0.2) is 0 Å². The van der Waals surface area contributed by atoms with Gasteiger partial charge in [0, 0.05) is 25.4 Å². The zero-order valence-electron chi connectivity index (χ0n) is 13.9. The number of aryl methyl sites for hydroxylation is 1. The van der Waals surface area contributed by atoms with Crippen LogP contribution in [-0.2, 0) is 17.7 Å². The van der Waals surface area contributed by atoms with Gasteiger partial charge in [-0.05, 0) is 51.6 Å². The molecule has 21 heavy (non-hydrogen) atoms. The van der Waals surface area contributed by atoms with Gasteiger partial charge in [-0.3, -0.25) is 4.68 Å². The average molecular weight is 293 g/mol. The highest BCUT2D eigenvalue weighted by atomic mass is 16.5. The third-order valence-electron chi connectivity index (χ3n) is 4.61. The Bertz CT molecular complexity index is 410. The maximum Gasteiger partial charge on any atom is 0.0837 e. The number of ether oxygens (including phenoxy) is 1. The first kappa shape index (κ1) is 16.5. The normalized spacial score (nSPS) is 19.0. The lowest BCUT2D eigenvalue weighted by Gasteiger charge is -2.38. The molecule has 1 atom stereocenters. The minimum absolute atomic E-state index is 0.0260. The van der Waals surface area contributed by atoms with Crippen molar-refractivity contribution in [3.05, 3.63) is 18.0 Å². The molecule has 4 nitrogen and oxygen atoms in total. The van der Waals surface area contributed by atoms with Crippen molar-refractivity contribution in [1.29, 1.82) is 0 Å². The zero-order valence-corrected chi connectivity index (χ0v) is 13.9. The maximum absolute atomic E-state index is 6.27. The molecular weight excluding hydrogens is 262 g/mol. The fourth-order valence-electron chi connectivity index (χ4n) is 3.54. The van der Waals surface area contributed by atoms with E-state index in [0.717, 1.165) is 32.5 Å². The number of hydrogen-bond acceptors (Lipinski definition) is 3. The van der Waals surface area contributed by atoms with E-state index in [1.54, 1.807) is 0 Å². The molecule has 1 aromatic heterocycles. The first-order valence-corrected chi connectivity index (χ1v) is 8.62. The molecule has 0 aromatic carbocycles. The molecule has 1 unspecified atom stereocenters. The van der Waals surface area contributed by atoms with E-state index in [1.165, 1.54) is 31.2 Å². The molecule has 0 bridgehead atoms. The van der Waals surface area contributed by atoms with Gasteiger partial charge in [-0.15, -0.1) is 0 Å². The Morgan fingerprint density at radius 1 is 1.33 bits per heavy atom. The minimum Gasteiger partial charge on any atom is -0.374 e. The van der Waals surface area contributed by atoms with Gasteiger partial charge in [0.15, 0.2) is 0 Å². The molecular formula is C17H31N3O. The summed E-state index contributed by atoms with van der Waals surface area (Å²) in [5.74, 6) is 0. The fourth-order valence-corrected chi connectivity index (χ4v) is 3.54. The summed E-state index contributed by atoms with van der Waals surface area (Å²) in [5, 5.41) is 8.16. The lowest BCUT2D eigenvalue weighted by atomic mass is 9.87. The van der Waals surface area contributed by atoms with Crippen LogP contribution < -0.4 is 5.32 Å². The second-order valence-corrected chi connectivity index (χ2v) is 6.12. The lowest BCUT2D eigenvalue weighted by molar-refractivity contribution is -0.0612. The molecule has 120 valence electrons. The van der Waals surface area contributed by atoms with Gasteiger partial charge in [-0.1, -0.05) is 19.8 Å². The Balaban J connectivity index is 2.11. The van der Waals surface area contributed by atoms with E-state index in [9.17, 15) is 0 Å². The summed E-state index contributed by atoms with van der Waals surface area (Å²) < 4.78 is 8.27. The van der Waals surface area contributed by atoms with Gasteiger partial charge in [-0.2, -0.15) is 5.10 Å². The predicted octanol–water partition coefficient (Wildman–Crippen LogP) is 3.16. The van der Waals surface area contributed by atoms with E-state index in [1.807, 2.05) is 10.9 Å². The van der Waals surface area contributed by atoms with E-state index < -0.39 is 0 Å². The van der Waals surface area contributed by atoms with Crippen LogP contribution in [0.4, 0.5) is 0 Å². The molecule has 1 aliphatic rings. The van der Waals surface area contributed by atoms with Crippen molar-refractivity contribution in [2.75, 3.05) is 13.2 Å². The number of nitrogens with zero attached hydrogens (tertiary/aromatic N) is 2. The predicted molar refractivity (Wildman–Crippen MR) is 86.5 cm³/mol. The topological polar surface area (TPSA) is 39.1 Å². The molecule has 1 heterocycles. The van der Waals surface area contributed by atoms with Crippen molar-refractivity contribution < 1.29 is 4.74 Å². The quantitative estimate of drug-likeness (QED) is 0.760. The van der Waals surface area contributed by atoms with E-state index in [4.69, 9.17) is 4.74 Å². The molecule has 1 N–H and O–H groups in total. The van der Waals surface area contributed by atoms with Crippen LogP contribution in [0.15, 0.2) is 12.4 Å². The second-order valence-electron chi connectivity index (χ2n) is 6.12. The van der Waals surface area contributed by atoms with E-state index in [0.29, 0.717) is 6.04 Å². The summed E-state index contributed by atoms with van der Waals surface area (Å²) in [6, 6.07) is 0.398. The minimum atomic E-state index is 0.0260. The zero-order chi connectivity index (χ0) is 15.1. The van der Waals surface area contributed by atoms with Crippen molar-refractivity contribution in [2.24, 2.45) is 0 Å². The number of nitrogens with one attached hydrogen (secondary N) is 1. The molecule has 0 spiro atoms. The first-order chi connectivity index (χ1) is 10.2. The van der Waals surface area contributed by atoms with Crippen molar-refractivity contribution in [3.8, 4) is 0 Å². The van der Waals surface area contributed by atoms with Crippen LogP contribution in [0.5, 0.6) is 0 Å². The van der Waals surface area contributed by atoms with Crippen LogP contribution >= 0.6 is 0 Å². The van der Waals surface area contributed by atoms with Gasteiger partial charge < -0.3 is 10.1 Å². The number of rotatable bonds is 9. The highest BCUT2D eigenvalue weighted by Gasteiger charge is 2.41. The van der Waals surface area contributed by atoms with Gasteiger partial charge in [0.05, 0.1) is 11.8 Å². The molecule has 4 heteroatoms. The van der Waals surface area contributed by atoms with Gasteiger partial charge >= 0.3 is 0 Å². The fraction of sp³-hybridized carbons (Fsp3) is 0.824. The third-order valence-corrected chi connectivity index (χ3v) is 4.61. The van der Waals surface area contributed by atoms with Crippen LogP contribution in [0.2, 0.25) is 0 Å². The van der Waals surface area contributed by atoms with Crippen LogP contribution in [0.3, 0.4) is 0 Å². The van der Waals surface area contributed by atoms with E-state index in [-0.39, 0.29) is 5.60 Å². The summed E-state index contributed by atoms with van der Waals surface area (Å²) >= 11 is 0. The summed E-state index contributed by atoms with van der Waals surface area (Å²) in [5.41, 5.74) is 1.34. The van der Waals surface area contributed by atoms with Crippen LogP contribution in [0, 0.1) is 0 Å². The molecule has 1 aromatic rings. The standard InChI is InChI=1S/C17H31N3O/c1-4-11-18-16(12-15-13-19-20(5-2)14-15)17(21-6-3)9-7-8-10-17/h13-14,16,18H,4-12H2,1-3H3. The van der Waals surface area contributed by atoms with Crippen LogP contribution in [0.1, 0.15) is 58.4 Å². The van der Waals surface area contributed by atoms with Crippen molar-refractivity contribution >= 4 is 0 Å².